The van der Waals surface area contributed by atoms with Crippen LogP contribution in [0.5, 0.6) is 0 Å². The van der Waals surface area contributed by atoms with E-state index >= 15 is 0 Å². The molecule has 1 saturated heterocycles. The van der Waals surface area contributed by atoms with Gasteiger partial charge in [-0.3, -0.25) is 0 Å². The van der Waals surface area contributed by atoms with E-state index in [1.54, 1.807) is 0 Å². The van der Waals surface area contributed by atoms with Crippen molar-refractivity contribution >= 4 is 11.8 Å². The van der Waals surface area contributed by atoms with E-state index in [0.29, 0.717) is 12.1 Å². The number of hydrogen-bond donors (Lipinski definition) is 1. The van der Waals surface area contributed by atoms with Crippen LogP contribution in [0.3, 0.4) is 0 Å². The molecular formula is C13H27NOS. The standard InChI is InChI=1S/C13H27NOS/c1-3-9-14-12(11-16-2)6-4-7-13-8-5-10-15-13/h12-14H,3-11H2,1-2H3. The van der Waals surface area contributed by atoms with E-state index in [0.717, 1.165) is 13.2 Å². The maximum absolute atomic E-state index is 5.65. The molecule has 1 fully saturated rings. The summed E-state index contributed by atoms with van der Waals surface area (Å²) in [4.78, 5) is 0. The summed E-state index contributed by atoms with van der Waals surface area (Å²) in [6, 6.07) is 0.705. The molecule has 0 radical (unpaired) electrons. The summed E-state index contributed by atoms with van der Waals surface area (Å²) in [5, 5.41) is 3.63. The Bertz CT molecular complexity index is 160. The van der Waals surface area contributed by atoms with Gasteiger partial charge in [0.05, 0.1) is 6.10 Å². The second-order valence-corrected chi connectivity index (χ2v) is 5.58. The van der Waals surface area contributed by atoms with Crippen molar-refractivity contribution in [3.63, 3.8) is 0 Å². The van der Waals surface area contributed by atoms with Crippen molar-refractivity contribution in [1.82, 2.24) is 5.32 Å². The summed E-state index contributed by atoms with van der Waals surface area (Å²) in [6.07, 6.45) is 10.4. The van der Waals surface area contributed by atoms with E-state index in [-0.39, 0.29) is 0 Å². The Morgan fingerprint density at radius 2 is 2.38 bits per heavy atom. The third kappa shape index (κ3) is 6.12. The SMILES string of the molecule is CCCNC(CCCC1CCCO1)CSC. The molecule has 2 atom stereocenters. The van der Waals surface area contributed by atoms with Gasteiger partial charge >= 0.3 is 0 Å². The maximum atomic E-state index is 5.65. The van der Waals surface area contributed by atoms with Crippen LogP contribution < -0.4 is 5.32 Å². The van der Waals surface area contributed by atoms with Gasteiger partial charge in [0.1, 0.15) is 0 Å². The predicted molar refractivity (Wildman–Crippen MR) is 73.3 cm³/mol. The molecular weight excluding hydrogens is 218 g/mol. The van der Waals surface area contributed by atoms with Gasteiger partial charge in [-0.25, -0.2) is 0 Å². The molecule has 0 aromatic rings. The van der Waals surface area contributed by atoms with Crippen molar-refractivity contribution in [1.29, 1.82) is 0 Å². The first-order valence-electron chi connectivity index (χ1n) is 6.70. The van der Waals surface area contributed by atoms with Crippen LogP contribution in [-0.2, 0) is 4.74 Å². The molecule has 0 spiro atoms. The molecule has 96 valence electrons. The summed E-state index contributed by atoms with van der Waals surface area (Å²) < 4.78 is 5.65. The molecule has 1 heterocycles. The zero-order valence-electron chi connectivity index (χ0n) is 10.8. The highest BCUT2D eigenvalue weighted by atomic mass is 32.2. The Labute approximate surface area is 105 Å². The largest absolute Gasteiger partial charge is 0.378 e. The molecule has 0 bridgehead atoms. The first kappa shape index (κ1) is 14.3. The Kier molecular flexibility index (Phi) is 8.34. The van der Waals surface area contributed by atoms with Crippen molar-refractivity contribution in [3.05, 3.63) is 0 Å². The summed E-state index contributed by atoms with van der Waals surface area (Å²) in [5.41, 5.74) is 0. The molecule has 0 saturated carbocycles. The second-order valence-electron chi connectivity index (χ2n) is 4.67. The quantitative estimate of drug-likeness (QED) is 0.674. The molecule has 0 amide bonds. The van der Waals surface area contributed by atoms with Gasteiger partial charge in [0.2, 0.25) is 0 Å². The molecule has 2 unspecified atom stereocenters. The molecule has 1 aliphatic rings. The van der Waals surface area contributed by atoms with Gasteiger partial charge in [0, 0.05) is 18.4 Å². The van der Waals surface area contributed by atoms with Crippen molar-refractivity contribution in [2.45, 2.75) is 57.6 Å². The van der Waals surface area contributed by atoms with Gasteiger partial charge in [-0.05, 0) is 51.3 Å². The van der Waals surface area contributed by atoms with E-state index in [1.165, 1.54) is 44.3 Å². The minimum Gasteiger partial charge on any atom is -0.378 e. The summed E-state index contributed by atoms with van der Waals surface area (Å²) in [5.74, 6) is 1.24. The van der Waals surface area contributed by atoms with Crippen LogP contribution in [0, 0.1) is 0 Å². The van der Waals surface area contributed by atoms with E-state index in [2.05, 4.69) is 18.5 Å². The number of thioether (sulfide) groups is 1. The molecule has 1 N–H and O–H groups in total. The fraction of sp³-hybridized carbons (Fsp3) is 1.00. The van der Waals surface area contributed by atoms with Crippen molar-refractivity contribution in [2.24, 2.45) is 0 Å². The van der Waals surface area contributed by atoms with E-state index in [4.69, 9.17) is 4.74 Å². The lowest BCUT2D eigenvalue weighted by Gasteiger charge is -2.18. The molecule has 16 heavy (non-hydrogen) atoms. The van der Waals surface area contributed by atoms with E-state index < -0.39 is 0 Å². The van der Waals surface area contributed by atoms with Gasteiger partial charge in [0.15, 0.2) is 0 Å². The van der Waals surface area contributed by atoms with Crippen molar-refractivity contribution < 1.29 is 4.74 Å². The summed E-state index contributed by atoms with van der Waals surface area (Å²) in [7, 11) is 0. The van der Waals surface area contributed by atoms with Gasteiger partial charge in [-0.15, -0.1) is 0 Å². The van der Waals surface area contributed by atoms with Crippen LogP contribution in [0.25, 0.3) is 0 Å². The first-order chi connectivity index (χ1) is 7.86. The number of ether oxygens (including phenoxy) is 1. The molecule has 3 heteroatoms. The molecule has 2 nitrogen and oxygen atoms in total. The molecule has 0 aliphatic carbocycles. The molecule has 1 rings (SSSR count). The van der Waals surface area contributed by atoms with Crippen molar-refractivity contribution in [3.8, 4) is 0 Å². The molecule has 1 aliphatic heterocycles. The highest BCUT2D eigenvalue weighted by Gasteiger charge is 2.15. The highest BCUT2D eigenvalue weighted by Crippen LogP contribution is 2.18. The number of rotatable bonds is 9. The molecule has 0 aromatic heterocycles. The number of nitrogens with one attached hydrogen (secondary N) is 1. The van der Waals surface area contributed by atoms with Crippen LogP contribution in [0.15, 0.2) is 0 Å². The third-order valence-corrected chi connectivity index (χ3v) is 3.89. The molecule has 0 aromatic carbocycles. The Hall–Kier alpha value is 0.270. The maximum Gasteiger partial charge on any atom is 0.0576 e. The Morgan fingerprint density at radius 3 is 3.00 bits per heavy atom. The number of hydrogen-bond acceptors (Lipinski definition) is 3. The minimum atomic E-state index is 0.570. The third-order valence-electron chi connectivity index (χ3n) is 3.15. The Morgan fingerprint density at radius 1 is 1.50 bits per heavy atom. The zero-order chi connectivity index (χ0) is 11.6. The van der Waals surface area contributed by atoms with Gasteiger partial charge in [0.25, 0.3) is 0 Å². The van der Waals surface area contributed by atoms with Crippen LogP contribution in [0.4, 0.5) is 0 Å². The smallest absolute Gasteiger partial charge is 0.0576 e. The first-order valence-corrected chi connectivity index (χ1v) is 8.10. The zero-order valence-corrected chi connectivity index (χ0v) is 11.7. The van der Waals surface area contributed by atoms with Crippen LogP contribution in [0.1, 0.15) is 45.4 Å². The van der Waals surface area contributed by atoms with E-state index in [1.807, 2.05) is 11.8 Å². The van der Waals surface area contributed by atoms with Gasteiger partial charge in [-0.1, -0.05) is 6.92 Å². The van der Waals surface area contributed by atoms with Crippen LogP contribution in [-0.4, -0.2) is 37.3 Å². The minimum absolute atomic E-state index is 0.570. The lowest BCUT2D eigenvalue weighted by Crippen LogP contribution is -2.32. The fourth-order valence-electron chi connectivity index (χ4n) is 2.26. The summed E-state index contributed by atoms with van der Waals surface area (Å²) >= 11 is 1.95. The monoisotopic (exact) mass is 245 g/mol. The predicted octanol–water partition coefficient (Wildman–Crippen LogP) is 3.07. The van der Waals surface area contributed by atoms with Gasteiger partial charge < -0.3 is 10.1 Å². The second kappa shape index (κ2) is 9.32. The van der Waals surface area contributed by atoms with Crippen molar-refractivity contribution in [2.75, 3.05) is 25.2 Å². The lowest BCUT2D eigenvalue weighted by molar-refractivity contribution is 0.101. The highest BCUT2D eigenvalue weighted by molar-refractivity contribution is 7.98. The van der Waals surface area contributed by atoms with Gasteiger partial charge in [-0.2, -0.15) is 11.8 Å². The summed E-state index contributed by atoms with van der Waals surface area (Å²) in [6.45, 7) is 4.38. The van der Waals surface area contributed by atoms with E-state index in [9.17, 15) is 0 Å². The average Bonchev–Trinajstić information content (AvgIpc) is 2.79. The van der Waals surface area contributed by atoms with Crippen LogP contribution >= 0.6 is 11.8 Å². The average molecular weight is 245 g/mol. The lowest BCUT2D eigenvalue weighted by atomic mass is 10.1. The van der Waals surface area contributed by atoms with Crippen LogP contribution in [0.2, 0.25) is 0 Å². The topological polar surface area (TPSA) is 21.3 Å². The Balaban J connectivity index is 2.05. The normalized spacial score (nSPS) is 22.5. The fourth-order valence-corrected chi connectivity index (χ4v) is 2.94.